The third-order valence-electron chi connectivity index (χ3n) is 3.82. The molecular weight excluding hydrogens is 330 g/mol. The standard InChI is InChI=1S/C13H19N3O4S.ClH/c1-9-6-12(16(17)18)7-10(2)13(9)21(19,20)15-5-3-4-11(15)8-14;/h6-7,11H,3-5,8,14H2,1-2H3;1H. The van der Waals surface area contributed by atoms with Gasteiger partial charge in [-0.1, -0.05) is 0 Å². The van der Waals surface area contributed by atoms with Crippen molar-refractivity contribution in [2.24, 2.45) is 5.73 Å². The number of nitrogens with two attached hydrogens (primary N) is 1. The second-order valence-electron chi connectivity index (χ2n) is 5.31. The van der Waals surface area contributed by atoms with Crippen LogP contribution in [-0.4, -0.2) is 36.8 Å². The lowest BCUT2D eigenvalue weighted by atomic mass is 10.1. The summed E-state index contributed by atoms with van der Waals surface area (Å²) in [6.45, 7) is 3.89. The number of nitro groups is 1. The highest BCUT2D eigenvalue weighted by Crippen LogP contribution is 2.31. The maximum Gasteiger partial charge on any atom is 0.270 e. The molecule has 2 rings (SSSR count). The monoisotopic (exact) mass is 349 g/mol. The van der Waals surface area contributed by atoms with Crippen molar-refractivity contribution in [1.82, 2.24) is 4.31 Å². The Hall–Kier alpha value is -1.22. The van der Waals surface area contributed by atoms with Gasteiger partial charge in [0, 0.05) is 31.3 Å². The quantitative estimate of drug-likeness (QED) is 0.658. The predicted molar refractivity (Wildman–Crippen MR) is 85.8 cm³/mol. The van der Waals surface area contributed by atoms with Crippen molar-refractivity contribution >= 4 is 28.1 Å². The smallest absolute Gasteiger partial charge is 0.270 e. The molecule has 22 heavy (non-hydrogen) atoms. The molecule has 1 unspecified atom stereocenters. The number of sulfonamides is 1. The summed E-state index contributed by atoms with van der Waals surface area (Å²) in [5.74, 6) is 0. The van der Waals surface area contributed by atoms with Crippen LogP contribution >= 0.6 is 12.4 Å². The van der Waals surface area contributed by atoms with Crippen LogP contribution in [0.3, 0.4) is 0 Å². The Balaban J connectivity index is 0.00000242. The molecule has 0 spiro atoms. The molecule has 1 aliphatic heterocycles. The van der Waals surface area contributed by atoms with Crippen molar-refractivity contribution in [3.63, 3.8) is 0 Å². The van der Waals surface area contributed by atoms with E-state index < -0.39 is 14.9 Å². The summed E-state index contributed by atoms with van der Waals surface area (Å²) in [4.78, 5) is 10.5. The molecule has 1 saturated heterocycles. The molecule has 9 heteroatoms. The summed E-state index contributed by atoms with van der Waals surface area (Å²) in [6, 6.07) is 2.41. The van der Waals surface area contributed by atoms with Crippen LogP contribution in [0.4, 0.5) is 5.69 Å². The first-order chi connectivity index (χ1) is 9.78. The highest BCUT2D eigenvalue weighted by Gasteiger charge is 2.36. The number of halogens is 1. The molecule has 1 aromatic rings. The molecule has 1 aliphatic rings. The number of rotatable bonds is 4. The lowest BCUT2D eigenvalue weighted by Gasteiger charge is -2.24. The van der Waals surface area contributed by atoms with E-state index in [-0.39, 0.29) is 35.6 Å². The summed E-state index contributed by atoms with van der Waals surface area (Å²) < 4.78 is 27.1. The van der Waals surface area contributed by atoms with Crippen molar-refractivity contribution < 1.29 is 13.3 Å². The second kappa shape index (κ2) is 6.91. The first-order valence-electron chi connectivity index (χ1n) is 6.76. The molecule has 0 aliphatic carbocycles. The Morgan fingerprint density at radius 3 is 2.36 bits per heavy atom. The van der Waals surface area contributed by atoms with E-state index in [1.54, 1.807) is 13.8 Å². The lowest BCUT2D eigenvalue weighted by molar-refractivity contribution is -0.385. The van der Waals surface area contributed by atoms with Gasteiger partial charge in [0.2, 0.25) is 10.0 Å². The Morgan fingerprint density at radius 1 is 1.36 bits per heavy atom. The van der Waals surface area contributed by atoms with Crippen molar-refractivity contribution in [2.45, 2.75) is 37.6 Å². The van der Waals surface area contributed by atoms with E-state index in [9.17, 15) is 18.5 Å². The molecule has 7 nitrogen and oxygen atoms in total. The summed E-state index contributed by atoms with van der Waals surface area (Å²) in [5, 5.41) is 10.9. The Labute approximate surface area is 136 Å². The van der Waals surface area contributed by atoms with E-state index in [1.165, 1.54) is 16.4 Å². The SMILES string of the molecule is Cc1cc([N+](=O)[O-])cc(C)c1S(=O)(=O)N1CCCC1CN.Cl. The molecule has 2 N–H and O–H groups in total. The van der Waals surface area contributed by atoms with Gasteiger partial charge in [0.15, 0.2) is 0 Å². The van der Waals surface area contributed by atoms with E-state index in [0.717, 1.165) is 12.8 Å². The zero-order valence-electron chi connectivity index (χ0n) is 12.5. The highest BCUT2D eigenvalue weighted by atomic mass is 35.5. The van der Waals surface area contributed by atoms with Crippen molar-refractivity contribution in [3.8, 4) is 0 Å². The maximum atomic E-state index is 12.8. The highest BCUT2D eigenvalue weighted by molar-refractivity contribution is 7.89. The van der Waals surface area contributed by atoms with Crippen LogP contribution in [0.2, 0.25) is 0 Å². The van der Waals surface area contributed by atoms with E-state index in [2.05, 4.69) is 0 Å². The topological polar surface area (TPSA) is 107 Å². The number of hydrogen-bond acceptors (Lipinski definition) is 5. The number of nitrogens with zero attached hydrogens (tertiary/aromatic N) is 2. The summed E-state index contributed by atoms with van der Waals surface area (Å²) in [7, 11) is -3.67. The molecule has 0 radical (unpaired) electrons. The molecule has 124 valence electrons. The second-order valence-corrected chi connectivity index (χ2v) is 7.14. The first-order valence-corrected chi connectivity index (χ1v) is 8.20. The van der Waals surface area contributed by atoms with Gasteiger partial charge in [0.05, 0.1) is 9.82 Å². The van der Waals surface area contributed by atoms with Crippen LogP contribution in [0, 0.1) is 24.0 Å². The minimum atomic E-state index is -3.67. The Morgan fingerprint density at radius 2 is 1.91 bits per heavy atom. The Bertz CT molecular complexity index is 655. The maximum absolute atomic E-state index is 12.8. The predicted octanol–water partition coefficient (Wildman–Crippen LogP) is 1.75. The van der Waals surface area contributed by atoms with Crippen molar-refractivity contribution in [1.29, 1.82) is 0 Å². The van der Waals surface area contributed by atoms with E-state index >= 15 is 0 Å². The van der Waals surface area contributed by atoms with E-state index in [0.29, 0.717) is 17.7 Å². The molecular formula is C13H20ClN3O4S. The molecule has 0 bridgehead atoms. The largest absolute Gasteiger partial charge is 0.329 e. The molecule has 0 amide bonds. The van der Waals surface area contributed by atoms with Gasteiger partial charge in [-0.05, 0) is 37.8 Å². The van der Waals surface area contributed by atoms with Crippen LogP contribution in [0.15, 0.2) is 17.0 Å². The molecule has 1 heterocycles. The van der Waals surface area contributed by atoms with Gasteiger partial charge in [0.1, 0.15) is 0 Å². The van der Waals surface area contributed by atoms with Gasteiger partial charge < -0.3 is 5.73 Å². The number of hydrogen-bond donors (Lipinski definition) is 1. The van der Waals surface area contributed by atoms with E-state index in [4.69, 9.17) is 5.73 Å². The molecule has 1 atom stereocenters. The van der Waals surface area contributed by atoms with E-state index in [1.807, 2.05) is 0 Å². The fourth-order valence-electron chi connectivity index (χ4n) is 2.92. The van der Waals surface area contributed by atoms with Crippen LogP contribution in [0.25, 0.3) is 0 Å². The fourth-order valence-corrected chi connectivity index (χ4v) is 5.04. The zero-order chi connectivity index (χ0) is 15.8. The van der Waals surface area contributed by atoms with Gasteiger partial charge in [-0.15, -0.1) is 12.4 Å². The zero-order valence-corrected chi connectivity index (χ0v) is 14.1. The summed E-state index contributed by atoms with van der Waals surface area (Å²) in [5.41, 5.74) is 6.33. The average molecular weight is 350 g/mol. The van der Waals surface area contributed by atoms with Gasteiger partial charge in [0.25, 0.3) is 5.69 Å². The van der Waals surface area contributed by atoms with Crippen LogP contribution in [0.1, 0.15) is 24.0 Å². The normalized spacial score (nSPS) is 19.0. The number of benzene rings is 1. The third kappa shape index (κ3) is 3.24. The van der Waals surface area contributed by atoms with Crippen molar-refractivity contribution in [3.05, 3.63) is 33.4 Å². The minimum Gasteiger partial charge on any atom is -0.329 e. The average Bonchev–Trinajstić information content (AvgIpc) is 2.86. The lowest BCUT2D eigenvalue weighted by Crippen LogP contribution is -2.40. The van der Waals surface area contributed by atoms with Gasteiger partial charge in [-0.2, -0.15) is 4.31 Å². The molecule has 0 aromatic heterocycles. The van der Waals surface area contributed by atoms with Gasteiger partial charge in [-0.25, -0.2) is 8.42 Å². The first kappa shape index (κ1) is 18.8. The van der Waals surface area contributed by atoms with Crippen LogP contribution in [-0.2, 0) is 10.0 Å². The van der Waals surface area contributed by atoms with Crippen LogP contribution < -0.4 is 5.73 Å². The number of non-ortho nitro benzene ring substituents is 1. The van der Waals surface area contributed by atoms with Crippen molar-refractivity contribution in [2.75, 3.05) is 13.1 Å². The fraction of sp³-hybridized carbons (Fsp3) is 0.538. The number of aryl methyl sites for hydroxylation is 2. The third-order valence-corrected chi connectivity index (χ3v) is 6.08. The molecule has 1 fully saturated rings. The molecule has 1 aromatic carbocycles. The Kier molecular flexibility index (Phi) is 5.91. The van der Waals surface area contributed by atoms with Crippen LogP contribution in [0.5, 0.6) is 0 Å². The number of nitro benzene ring substituents is 1. The molecule has 0 saturated carbocycles. The van der Waals surface area contributed by atoms with Gasteiger partial charge in [-0.3, -0.25) is 10.1 Å². The van der Waals surface area contributed by atoms with Gasteiger partial charge >= 0.3 is 0 Å². The summed E-state index contributed by atoms with van der Waals surface area (Å²) in [6.07, 6.45) is 1.53. The minimum absolute atomic E-state index is 0. The summed E-state index contributed by atoms with van der Waals surface area (Å²) >= 11 is 0.